The first-order chi connectivity index (χ1) is 11.1. The van der Waals surface area contributed by atoms with Gasteiger partial charge in [-0.1, -0.05) is 5.92 Å². The molecular formula is C18H9NO4. The van der Waals surface area contributed by atoms with Crippen LogP contribution in [0.5, 0.6) is 0 Å². The van der Waals surface area contributed by atoms with Crippen LogP contribution in [0.3, 0.4) is 0 Å². The molecule has 5 heteroatoms. The summed E-state index contributed by atoms with van der Waals surface area (Å²) in [5, 5.41) is 8.36. The first kappa shape index (κ1) is 21.1. The van der Waals surface area contributed by atoms with Crippen molar-refractivity contribution < 1.29 is 19.5 Å². The van der Waals surface area contributed by atoms with Crippen molar-refractivity contribution in [3.63, 3.8) is 0 Å². The molecule has 0 spiro atoms. The molecule has 0 atom stereocenters. The van der Waals surface area contributed by atoms with E-state index in [-0.39, 0.29) is 11.7 Å². The number of carbonyl (C=O) groups is 1. The second kappa shape index (κ2) is 17.8. The van der Waals surface area contributed by atoms with Crippen LogP contribution in [0.4, 0.5) is 0 Å². The highest BCUT2D eigenvalue weighted by Crippen LogP contribution is 1.93. The van der Waals surface area contributed by atoms with Gasteiger partial charge in [-0.25, -0.2) is 4.79 Å². The highest BCUT2D eigenvalue weighted by Gasteiger charge is 1.97. The Bertz CT molecular complexity index is 812. The maximum atomic E-state index is 10.2. The summed E-state index contributed by atoms with van der Waals surface area (Å²) >= 11 is 0. The fourth-order valence-electron chi connectivity index (χ4n) is 0.749. The first-order valence-electron chi connectivity index (χ1n) is 5.64. The number of rotatable bonds is 1. The van der Waals surface area contributed by atoms with Gasteiger partial charge in [0.05, 0.1) is 5.56 Å². The van der Waals surface area contributed by atoms with Gasteiger partial charge >= 0.3 is 12.1 Å². The zero-order valence-corrected chi connectivity index (χ0v) is 12.0. The van der Waals surface area contributed by atoms with Crippen LogP contribution in [0.2, 0.25) is 0 Å². The van der Waals surface area contributed by atoms with Crippen LogP contribution in [0.25, 0.3) is 0 Å². The number of hydrogen-bond donors (Lipinski definition) is 1. The predicted octanol–water partition coefficient (Wildman–Crippen LogP) is 0.849. The molecule has 0 unspecified atom stereocenters. The van der Waals surface area contributed by atoms with Crippen LogP contribution in [0, 0.1) is 59.7 Å². The minimum atomic E-state index is -0.919. The van der Waals surface area contributed by atoms with Crippen molar-refractivity contribution in [1.82, 2.24) is 4.98 Å². The molecule has 1 N–H and O–H groups in total. The van der Waals surface area contributed by atoms with Gasteiger partial charge in [-0.05, 0) is 66.4 Å². The van der Waals surface area contributed by atoms with E-state index in [1.165, 1.54) is 24.5 Å². The summed E-state index contributed by atoms with van der Waals surface area (Å²) in [4.78, 5) is 30.1. The Morgan fingerprint density at radius 2 is 1.43 bits per heavy atom. The summed E-state index contributed by atoms with van der Waals surface area (Å²) in [6, 6.07) is 2.89. The van der Waals surface area contributed by atoms with Gasteiger partial charge in [-0.2, -0.15) is 9.59 Å². The second-order valence-electron chi connectivity index (χ2n) is 2.89. The highest BCUT2D eigenvalue weighted by atomic mass is 16.4. The van der Waals surface area contributed by atoms with Crippen molar-refractivity contribution in [2.24, 2.45) is 0 Å². The van der Waals surface area contributed by atoms with E-state index in [4.69, 9.17) is 21.1 Å². The lowest BCUT2D eigenvalue weighted by atomic mass is 10.3. The molecule has 1 aromatic rings. The van der Waals surface area contributed by atoms with Gasteiger partial charge in [0.15, 0.2) is 0 Å². The number of carboxylic acid groups (broad SMARTS) is 1. The molecule has 1 aromatic heterocycles. The standard InChI is InChI=1S/C11H4.C6H5NO2.CO2/c1-3-5-7-9-11-10-8-6-4-2;8-6(9)5-1-3-7-4-2-5;2-1-3/h1H,2H3;1-4H,(H,8,9);. The number of aromatic nitrogens is 1. The third-order valence-electron chi connectivity index (χ3n) is 1.50. The molecule has 0 amide bonds. The zero-order valence-electron chi connectivity index (χ0n) is 12.0. The lowest BCUT2D eigenvalue weighted by Gasteiger charge is -1.87. The van der Waals surface area contributed by atoms with Crippen LogP contribution in [-0.4, -0.2) is 22.2 Å². The van der Waals surface area contributed by atoms with E-state index in [0.717, 1.165) is 0 Å². The number of carbonyl (C=O) groups excluding carboxylic acids is 2. The van der Waals surface area contributed by atoms with Crippen molar-refractivity contribution in [3.8, 4) is 59.7 Å². The Balaban J connectivity index is 0. The Morgan fingerprint density at radius 1 is 1.00 bits per heavy atom. The number of carboxylic acids is 1. The van der Waals surface area contributed by atoms with Gasteiger partial charge in [0.25, 0.3) is 0 Å². The molecule has 0 radical (unpaired) electrons. The minimum absolute atomic E-state index is 0.250. The van der Waals surface area contributed by atoms with Gasteiger partial charge < -0.3 is 5.11 Å². The average molecular weight is 303 g/mol. The van der Waals surface area contributed by atoms with Crippen LogP contribution < -0.4 is 0 Å². The maximum Gasteiger partial charge on any atom is 0.373 e. The van der Waals surface area contributed by atoms with Crippen molar-refractivity contribution in [1.29, 1.82) is 0 Å². The molecule has 0 aromatic carbocycles. The number of pyridine rings is 1. The van der Waals surface area contributed by atoms with E-state index in [1.54, 1.807) is 6.92 Å². The predicted molar refractivity (Wildman–Crippen MR) is 81.8 cm³/mol. The lowest BCUT2D eigenvalue weighted by Crippen LogP contribution is -1.94. The van der Waals surface area contributed by atoms with Crippen LogP contribution in [-0.2, 0) is 9.59 Å². The minimum Gasteiger partial charge on any atom is -0.478 e. The van der Waals surface area contributed by atoms with Crippen molar-refractivity contribution >= 4 is 12.1 Å². The highest BCUT2D eigenvalue weighted by molar-refractivity contribution is 5.87. The largest absolute Gasteiger partial charge is 0.478 e. The molecule has 0 bridgehead atoms. The zero-order chi connectivity index (χ0) is 17.8. The molecule has 1 heterocycles. The lowest BCUT2D eigenvalue weighted by molar-refractivity contribution is -0.191. The summed E-state index contributed by atoms with van der Waals surface area (Å²) in [7, 11) is 0. The van der Waals surface area contributed by atoms with Gasteiger partial charge in [-0.15, -0.1) is 6.42 Å². The molecule has 23 heavy (non-hydrogen) atoms. The molecule has 0 saturated carbocycles. The van der Waals surface area contributed by atoms with E-state index >= 15 is 0 Å². The van der Waals surface area contributed by atoms with Crippen molar-refractivity contribution in [2.45, 2.75) is 6.92 Å². The summed E-state index contributed by atoms with van der Waals surface area (Å²) in [5.41, 5.74) is 0.269. The second-order valence-corrected chi connectivity index (χ2v) is 2.89. The van der Waals surface area contributed by atoms with E-state index in [1.807, 2.05) is 0 Å². The first-order valence-corrected chi connectivity index (χ1v) is 5.64. The number of nitrogens with zero attached hydrogens (tertiary/aromatic N) is 1. The Hall–Kier alpha value is -4.20. The van der Waals surface area contributed by atoms with Crippen LogP contribution in [0.1, 0.15) is 17.3 Å². The summed E-state index contributed by atoms with van der Waals surface area (Å²) < 4.78 is 0. The normalized spacial score (nSPS) is 5.57. The average Bonchev–Trinajstić information content (AvgIpc) is 2.56. The van der Waals surface area contributed by atoms with E-state index in [0.29, 0.717) is 0 Å². The number of hydrogen-bond acceptors (Lipinski definition) is 4. The van der Waals surface area contributed by atoms with Gasteiger partial charge in [0, 0.05) is 12.4 Å². The molecule has 0 aliphatic carbocycles. The van der Waals surface area contributed by atoms with Crippen LogP contribution >= 0.6 is 0 Å². The fourth-order valence-corrected chi connectivity index (χ4v) is 0.749. The van der Waals surface area contributed by atoms with Crippen molar-refractivity contribution in [3.05, 3.63) is 30.1 Å². The van der Waals surface area contributed by atoms with Gasteiger partial charge in [-0.3, -0.25) is 4.98 Å². The van der Waals surface area contributed by atoms with Crippen molar-refractivity contribution in [2.75, 3.05) is 0 Å². The smallest absolute Gasteiger partial charge is 0.373 e. The monoisotopic (exact) mass is 303 g/mol. The third-order valence-corrected chi connectivity index (χ3v) is 1.50. The summed E-state index contributed by atoms with van der Waals surface area (Å²) in [5.74, 6) is 21.0. The summed E-state index contributed by atoms with van der Waals surface area (Å²) in [6.07, 6.45) is 7.99. The molecule has 0 fully saturated rings. The molecule has 1 rings (SSSR count). The fraction of sp³-hybridized carbons (Fsp3) is 0.0556. The Labute approximate surface area is 134 Å². The SMILES string of the molecule is C#CC#CC#CC#CC#CC.O=C(O)c1ccncc1.O=C=O. The van der Waals surface area contributed by atoms with E-state index in [2.05, 4.69) is 58.3 Å². The van der Waals surface area contributed by atoms with Gasteiger partial charge in [0.2, 0.25) is 0 Å². The molecule has 0 saturated heterocycles. The number of terminal acetylenes is 1. The summed E-state index contributed by atoms with van der Waals surface area (Å²) in [6.45, 7) is 1.71. The number of aromatic carboxylic acids is 1. The molecular weight excluding hydrogens is 294 g/mol. The van der Waals surface area contributed by atoms with Gasteiger partial charge in [0.1, 0.15) is 0 Å². The molecule has 5 nitrogen and oxygen atoms in total. The Kier molecular flexibility index (Phi) is 16.3. The maximum absolute atomic E-state index is 10.2. The quantitative estimate of drug-likeness (QED) is 0.778. The van der Waals surface area contributed by atoms with Crippen LogP contribution in [0.15, 0.2) is 24.5 Å². The topological polar surface area (TPSA) is 84.3 Å². The van der Waals surface area contributed by atoms with E-state index in [9.17, 15) is 4.79 Å². The van der Waals surface area contributed by atoms with E-state index < -0.39 is 5.97 Å². The molecule has 0 aliphatic rings. The molecule has 110 valence electrons. The molecule has 0 aliphatic heterocycles. The Morgan fingerprint density at radius 3 is 1.78 bits per heavy atom. The third kappa shape index (κ3) is 17.8.